The summed E-state index contributed by atoms with van der Waals surface area (Å²) < 4.78 is 2.09. The van der Waals surface area contributed by atoms with Crippen molar-refractivity contribution >= 4 is 17.1 Å². The lowest BCUT2D eigenvalue weighted by molar-refractivity contribution is -0.251. The van der Waals surface area contributed by atoms with Gasteiger partial charge in [0.2, 0.25) is 0 Å². The highest BCUT2D eigenvalue weighted by atomic mass is 16.4. The Labute approximate surface area is 121 Å². The van der Waals surface area contributed by atoms with E-state index in [-0.39, 0.29) is 6.54 Å². The molecule has 3 aromatic rings. The van der Waals surface area contributed by atoms with E-state index < -0.39 is 6.09 Å². The van der Waals surface area contributed by atoms with Crippen molar-refractivity contribution in [2.24, 2.45) is 0 Å². The van der Waals surface area contributed by atoms with Crippen molar-refractivity contribution in [3.63, 3.8) is 0 Å². The molecule has 0 spiro atoms. The van der Waals surface area contributed by atoms with E-state index in [1.165, 1.54) is 0 Å². The number of benzene rings is 2. The molecule has 1 aromatic heterocycles. The molecule has 1 amide bonds. The van der Waals surface area contributed by atoms with Gasteiger partial charge in [-0.1, -0.05) is 36.4 Å². The van der Waals surface area contributed by atoms with Gasteiger partial charge in [-0.15, -0.1) is 0 Å². The number of carbonyl (C=O) groups is 1. The zero-order chi connectivity index (χ0) is 14.7. The smallest absolute Gasteiger partial charge is 0.134 e. The largest absolute Gasteiger partial charge is 0.530 e. The van der Waals surface area contributed by atoms with E-state index in [1.807, 2.05) is 54.9 Å². The minimum absolute atomic E-state index is 0.261. The molecular weight excluding hydrogens is 266 g/mol. The second kappa shape index (κ2) is 5.66. The summed E-state index contributed by atoms with van der Waals surface area (Å²) in [5.41, 5.74) is 4.11. The topological polar surface area (TPSA) is 70.0 Å². The van der Waals surface area contributed by atoms with Crippen LogP contribution >= 0.6 is 0 Å². The molecule has 0 aliphatic carbocycles. The highest BCUT2D eigenvalue weighted by Crippen LogP contribution is 2.14. The third-order valence-electron chi connectivity index (χ3n) is 3.34. The molecule has 1 N–H and O–H groups in total. The van der Waals surface area contributed by atoms with Gasteiger partial charge in [-0.25, -0.2) is 4.98 Å². The van der Waals surface area contributed by atoms with E-state index in [2.05, 4.69) is 14.9 Å². The molecule has 0 atom stereocenters. The van der Waals surface area contributed by atoms with E-state index >= 15 is 0 Å². The third kappa shape index (κ3) is 3.02. The van der Waals surface area contributed by atoms with Crippen LogP contribution in [-0.2, 0) is 13.1 Å². The third-order valence-corrected chi connectivity index (χ3v) is 3.34. The summed E-state index contributed by atoms with van der Waals surface area (Å²) in [6.07, 6.45) is 0.569. The maximum atomic E-state index is 10.3. The SMILES string of the molecule is O=C([O-])NCc1ccc(Cn2cnc3ccccc32)cc1. The molecule has 0 unspecified atom stereocenters. The van der Waals surface area contributed by atoms with Crippen LogP contribution in [-0.4, -0.2) is 15.6 Å². The summed E-state index contributed by atoms with van der Waals surface area (Å²) in [5.74, 6) is 0. The molecule has 0 saturated carbocycles. The number of carboxylic acid groups (broad SMARTS) is 1. The summed E-state index contributed by atoms with van der Waals surface area (Å²) >= 11 is 0. The fourth-order valence-electron chi connectivity index (χ4n) is 2.27. The van der Waals surface area contributed by atoms with Crippen LogP contribution in [0.1, 0.15) is 11.1 Å². The van der Waals surface area contributed by atoms with Gasteiger partial charge in [0.05, 0.1) is 17.4 Å². The number of hydrogen-bond acceptors (Lipinski definition) is 3. The molecule has 0 aliphatic rings. The average Bonchev–Trinajstić information content (AvgIpc) is 2.90. The van der Waals surface area contributed by atoms with Crippen molar-refractivity contribution in [2.45, 2.75) is 13.1 Å². The van der Waals surface area contributed by atoms with Gasteiger partial charge in [0, 0.05) is 13.1 Å². The van der Waals surface area contributed by atoms with E-state index in [0.29, 0.717) is 0 Å². The Hall–Kier alpha value is -2.82. The van der Waals surface area contributed by atoms with Crippen molar-refractivity contribution in [3.8, 4) is 0 Å². The predicted molar refractivity (Wildman–Crippen MR) is 77.5 cm³/mol. The second-order valence-electron chi connectivity index (χ2n) is 4.82. The number of imidazole rings is 1. The maximum absolute atomic E-state index is 10.3. The first-order valence-corrected chi connectivity index (χ1v) is 6.65. The first kappa shape index (κ1) is 13.2. The van der Waals surface area contributed by atoms with E-state index in [1.54, 1.807) is 0 Å². The molecule has 0 aliphatic heterocycles. The lowest BCUT2D eigenvalue weighted by Gasteiger charge is -2.08. The summed E-state index contributed by atoms with van der Waals surface area (Å²) in [6.45, 7) is 0.991. The van der Waals surface area contributed by atoms with Crippen LogP contribution in [0, 0.1) is 0 Å². The molecule has 1 heterocycles. The number of fused-ring (bicyclic) bond motifs is 1. The van der Waals surface area contributed by atoms with Crippen molar-refractivity contribution in [1.82, 2.24) is 14.9 Å². The lowest BCUT2D eigenvalue weighted by atomic mass is 10.1. The first-order chi connectivity index (χ1) is 10.2. The number of amides is 1. The molecule has 106 valence electrons. The molecule has 2 aromatic carbocycles. The molecule has 21 heavy (non-hydrogen) atoms. The molecule has 0 radical (unpaired) electrons. The zero-order valence-corrected chi connectivity index (χ0v) is 11.3. The Morgan fingerprint density at radius 2 is 1.81 bits per heavy atom. The van der Waals surface area contributed by atoms with Crippen molar-refractivity contribution < 1.29 is 9.90 Å². The van der Waals surface area contributed by atoms with Crippen molar-refractivity contribution in [3.05, 3.63) is 66.0 Å². The number of carbonyl (C=O) groups excluding carboxylic acids is 1. The maximum Gasteiger partial charge on any atom is 0.134 e. The molecule has 5 nitrogen and oxygen atoms in total. The van der Waals surface area contributed by atoms with E-state index in [4.69, 9.17) is 0 Å². The standard InChI is InChI=1S/C16H15N3O2/c20-16(21)17-9-12-5-7-13(8-6-12)10-19-11-18-14-3-1-2-4-15(14)19/h1-8,11,17H,9-10H2,(H,20,21)/p-1. The van der Waals surface area contributed by atoms with Crippen LogP contribution < -0.4 is 10.4 Å². The Morgan fingerprint density at radius 1 is 1.10 bits per heavy atom. The van der Waals surface area contributed by atoms with Crippen LogP contribution in [0.2, 0.25) is 0 Å². The van der Waals surface area contributed by atoms with Crippen LogP contribution in [0.5, 0.6) is 0 Å². The van der Waals surface area contributed by atoms with Crippen molar-refractivity contribution in [2.75, 3.05) is 0 Å². The van der Waals surface area contributed by atoms with Crippen molar-refractivity contribution in [1.29, 1.82) is 0 Å². The van der Waals surface area contributed by atoms with Gasteiger partial charge >= 0.3 is 0 Å². The Morgan fingerprint density at radius 3 is 2.57 bits per heavy atom. The summed E-state index contributed by atoms with van der Waals surface area (Å²) in [4.78, 5) is 14.7. The Bertz CT molecular complexity index is 763. The van der Waals surface area contributed by atoms with Crippen LogP contribution in [0.3, 0.4) is 0 Å². The fourth-order valence-corrected chi connectivity index (χ4v) is 2.27. The lowest BCUT2D eigenvalue weighted by Crippen LogP contribution is -2.35. The van der Waals surface area contributed by atoms with E-state index in [9.17, 15) is 9.90 Å². The first-order valence-electron chi connectivity index (χ1n) is 6.65. The van der Waals surface area contributed by atoms with E-state index in [0.717, 1.165) is 28.7 Å². The van der Waals surface area contributed by atoms with Gasteiger partial charge in [0.15, 0.2) is 0 Å². The molecule has 5 heteroatoms. The Balaban J connectivity index is 1.74. The normalized spacial score (nSPS) is 10.7. The van der Waals surface area contributed by atoms with Gasteiger partial charge in [-0.2, -0.15) is 0 Å². The summed E-state index contributed by atoms with van der Waals surface area (Å²) in [6, 6.07) is 15.8. The van der Waals surface area contributed by atoms with Gasteiger partial charge in [0.1, 0.15) is 6.09 Å². The minimum atomic E-state index is -1.26. The fraction of sp³-hybridized carbons (Fsp3) is 0.125. The number of nitrogens with one attached hydrogen (secondary N) is 1. The van der Waals surface area contributed by atoms with Gasteiger partial charge in [0.25, 0.3) is 0 Å². The number of nitrogens with zero attached hydrogens (tertiary/aromatic N) is 2. The van der Waals surface area contributed by atoms with Crippen LogP contribution in [0.25, 0.3) is 11.0 Å². The zero-order valence-electron chi connectivity index (χ0n) is 11.3. The summed E-state index contributed by atoms with van der Waals surface area (Å²) in [7, 11) is 0. The highest BCUT2D eigenvalue weighted by Gasteiger charge is 2.02. The summed E-state index contributed by atoms with van der Waals surface area (Å²) in [5, 5.41) is 12.6. The quantitative estimate of drug-likeness (QED) is 0.787. The molecule has 3 rings (SSSR count). The Kier molecular flexibility index (Phi) is 3.55. The molecule has 0 fully saturated rings. The van der Waals surface area contributed by atoms with Crippen LogP contribution in [0.15, 0.2) is 54.9 Å². The monoisotopic (exact) mass is 280 g/mol. The number of rotatable bonds is 4. The van der Waals surface area contributed by atoms with Gasteiger partial charge in [-0.3, -0.25) is 0 Å². The molecular formula is C16H14N3O2-. The van der Waals surface area contributed by atoms with Crippen LogP contribution in [0.4, 0.5) is 4.79 Å². The predicted octanol–water partition coefficient (Wildman–Crippen LogP) is 1.52. The second-order valence-corrected chi connectivity index (χ2v) is 4.82. The minimum Gasteiger partial charge on any atom is -0.530 e. The number of hydrogen-bond donors (Lipinski definition) is 1. The van der Waals surface area contributed by atoms with Gasteiger partial charge in [-0.05, 0) is 23.3 Å². The average molecular weight is 280 g/mol. The molecule has 0 saturated heterocycles. The number of aromatic nitrogens is 2. The highest BCUT2D eigenvalue weighted by molar-refractivity contribution is 5.75. The molecule has 0 bridgehead atoms. The number of para-hydroxylation sites is 2. The van der Waals surface area contributed by atoms with Gasteiger partial charge < -0.3 is 19.8 Å².